The molecule has 2 aromatic heterocycles. The average Bonchev–Trinajstić information content (AvgIpc) is 3.30. The fourth-order valence-electron chi connectivity index (χ4n) is 3.50. The number of aromatic amines is 1. The molecular weight excluding hydrogens is 495 g/mol. The minimum Gasteiger partial charge on any atom is -0.397 e. The minimum atomic E-state index is -4.52. The second kappa shape index (κ2) is 10.9. The number of benzene rings is 2. The van der Waals surface area contributed by atoms with Crippen LogP contribution in [0.2, 0.25) is 0 Å². The highest BCUT2D eigenvalue weighted by Crippen LogP contribution is 2.31. The minimum absolute atomic E-state index is 0.0276. The molecule has 0 spiro atoms. The van der Waals surface area contributed by atoms with Gasteiger partial charge < -0.3 is 26.7 Å². The van der Waals surface area contributed by atoms with Crippen molar-refractivity contribution in [3.05, 3.63) is 114 Å². The Bertz CT molecular complexity index is 1490. The Morgan fingerprint density at radius 2 is 1.76 bits per heavy atom. The maximum atomic E-state index is 13.0. The first-order chi connectivity index (χ1) is 18.1. The fourth-order valence-corrected chi connectivity index (χ4v) is 3.50. The lowest BCUT2D eigenvalue weighted by atomic mass is 10.1. The number of nitrogen functional groups attached to an aromatic ring is 1. The van der Waals surface area contributed by atoms with Crippen LogP contribution in [0.15, 0.2) is 96.6 Å². The van der Waals surface area contributed by atoms with Gasteiger partial charge in [-0.1, -0.05) is 18.7 Å². The van der Waals surface area contributed by atoms with Crippen LogP contribution >= 0.6 is 0 Å². The Morgan fingerprint density at radius 1 is 1.00 bits per heavy atom. The largest absolute Gasteiger partial charge is 0.416 e. The maximum absolute atomic E-state index is 13.0. The topological polar surface area (TPSA) is 120 Å². The van der Waals surface area contributed by atoms with Gasteiger partial charge in [0.15, 0.2) is 5.84 Å². The molecule has 0 saturated carbocycles. The van der Waals surface area contributed by atoms with E-state index in [2.05, 4.69) is 37.5 Å². The van der Waals surface area contributed by atoms with E-state index in [1.807, 2.05) is 6.92 Å². The normalized spacial score (nSPS) is 11.6. The van der Waals surface area contributed by atoms with E-state index in [1.54, 1.807) is 55.0 Å². The Hall–Kier alpha value is -5.06. The highest BCUT2D eigenvalue weighted by Gasteiger charge is 2.30. The smallest absolute Gasteiger partial charge is 0.397 e. The first-order valence-electron chi connectivity index (χ1n) is 11.3. The number of nitrogens with zero attached hydrogens (tertiary/aromatic N) is 2. The summed E-state index contributed by atoms with van der Waals surface area (Å²) in [5.74, 6) is 0.0652. The van der Waals surface area contributed by atoms with Crippen LogP contribution in [-0.2, 0) is 6.18 Å². The molecule has 0 unspecified atom stereocenters. The number of aliphatic imine (C=N–C) groups is 1. The molecule has 11 heteroatoms. The van der Waals surface area contributed by atoms with Crippen molar-refractivity contribution in [1.29, 1.82) is 0 Å². The summed E-state index contributed by atoms with van der Waals surface area (Å²) in [4.78, 5) is 24.4. The molecule has 0 aliphatic carbocycles. The number of aromatic nitrogens is 2. The second-order valence-corrected chi connectivity index (χ2v) is 8.26. The van der Waals surface area contributed by atoms with Crippen molar-refractivity contribution < 1.29 is 18.0 Å². The third kappa shape index (κ3) is 6.38. The number of carbonyl (C=O) groups is 1. The predicted octanol–water partition coefficient (Wildman–Crippen LogP) is 6.01. The molecule has 38 heavy (non-hydrogen) atoms. The van der Waals surface area contributed by atoms with Gasteiger partial charge in [-0.05, 0) is 61.0 Å². The summed E-state index contributed by atoms with van der Waals surface area (Å²) >= 11 is 0. The van der Waals surface area contributed by atoms with Crippen molar-refractivity contribution in [2.24, 2.45) is 4.99 Å². The van der Waals surface area contributed by atoms with Gasteiger partial charge in [0.1, 0.15) is 11.5 Å². The number of amidine groups is 1. The lowest BCUT2D eigenvalue weighted by Crippen LogP contribution is -2.19. The molecule has 0 saturated heterocycles. The van der Waals surface area contributed by atoms with E-state index in [4.69, 9.17) is 5.73 Å². The molecule has 6 N–H and O–H groups in total. The molecule has 2 aromatic carbocycles. The third-order valence-corrected chi connectivity index (χ3v) is 5.43. The van der Waals surface area contributed by atoms with E-state index in [0.29, 0.717) is 28.7 Å². The molecule has 0 radical (unpaired) electrons. The number of halogens is 3. The quantitative estimate of drug-likeness (QED) is 0.151. The van der Waals surface area contributed by atoms with Crippen LogP contribution in [0.5, 0.6) is 0 Å². The number of H-pyrrole nitrogens is 1. The maximum Gasteiger partial charge on any atom is 0.416 e. The Labute approximate surface area is 216 Å². The summed E-state index contributed by atoms with van der Waals surface area (Å²) in [5, 5.41) is 8.77. The SMILES string of the molecule is C=C(N=C(Nc1cc(C(=O)Nc2cccc(C(F)(F)F)c2)ccc1C)c1[nH]ccc1N)Nc1ccncc1. The zero-order valence-corrected chi connectivity index (χ0v) is 20.2. The average molecular weight is 520 g/mol. The van der Waals surface area contributed by atoms with E-state index < -0.39 is 17.6 Å². The summed E-state index contributed by atoms with van der Waals surface area (Å²) < 4.78 is 39.1. The Kier molecular flexibility index (Phi) is 7.47. The molecule has 1 amide bonds. The number of hydrogen-bond acceptors (Lipinski definition) is 5. The van der Waals surface area contributed by atoms with Crippen LogP contribution in [0, 0.1) is 6.92 Å². The molecular formula is C27H24F3N7O. The number of anilines is 4. The number of amides is 1. The van der Waals surface area contributed by atoms with Crippen molar-refractivity contribution in [2.45, 2.75) is 13.1 Å². The number of pyridine rings is 1. The van der Waals surface area contributed by atoms with E-state index in [9.17, 15) is 18.0 Å². The Balaban J connectivity index is 1.59. The molecule has 0 atom stereocenters. The van der Waals surface area contributed by atoms with E-state index in [0.717, 1.165) is 23.4 Å². The van der Waals surface area contributed by atoms with Crippen LogP contribution < -0.4 is 21.7 Å². The van der Waals surface area contributed by atoms with Gasteiger partial charge in [0.05, 0.1) is 11.3 Å². The molecule has 0 fully saturated rings. The fraction of sp³-hybridized carbons (Fsp3) is 0.0741. The predicted molar refractivity (Wildman–Crippen MR) is 143 cm³/mol. The molecule has 4 rings (SSSR count). The lowest BCUT2D eigenvalue weighted by molar-refractivity contribution is -0.137. The van der Waals surface area contributed by atoms with Crippen LogP contribution in [0.1, 0.15) is 27.2 Å². The van der Waals surface area contributed by atoms with Gasteiger partial charge in [-0.15, -0.1) is 0 Å². The van der Waals surface area contributed by atoms with Gasteiger partial charge in [-0.25, -0.2) is 4.99 Å². The van der Waals surface area contributed by atoms with E-state index in [-0.39, 0.29) is 11.3 Å². The highest BCUT2D eigenvalue weighted by molar-refractivity contribution is 6.12. The molecule has 0 aliphatic rings. The van der Waals surface area contributed by atoms with Crippen LogP contribution in [0.3, 0.4) is 0 Å². The van der Waals surface area contributed by atoms with Crippen molar-refractivity contribution in [3.8, 4) is 0 Å². The second-order valence-electron chi connectivity index (χ2n) is 8.26. The van der Waals surface area contributed by atoms with E-state index >= 15 is 0 Å². The first-order valence-corrected chi connectivity index (χ1v) is 11.3. The van der Waals surface area contributed by atoms with Crippen molar-refractivity contribution >= 4 is 34.5 Å². The summed E-state index contributed by atoms with van der Waals surface area (Å²) in [6.07, 6.45) is 0.390. The monoisotopic (exact) mass is 519 g/mol. The number of nitrogens with two attached hydrogens (primary N) is 1. The number of alkyl halides is 3. The zero-order valence-electron chi connectivity index (χ0n) is 20.2. The van der Waals surface area contributed by atoms with Gasteiger partial charge in [-0.2, -0.15) is 13.2 Å². The molecule has 4 aromatic rings. The number of rotatable bonds is 7. The number of hydrogen-bond donors (Lipinski definition) is 5. The molecule has 0 bridgehead atoms. The van der Waals surface area contributed by atoms with Gasteiger partial charge >= 0.3 is 6.18 Å². The Morgan fingerprint density at radius 3 is 2.45 bits per heavy atom. The third-order valence-electron chi connectivity index (χ3n) is 5.43. The van der Waals surface area contributed by atoms with Crippen molar-refractivity contribution in [2.75, 3.05) is 21.7 Å². The van der Waals surface area contributed by atoms with Gasteiger partial charge in [0, 0.05) is 41.2 Å². The zero-order chi connectivity index (χ0) is 27.3. The standard InChI is InChI=1S/C27H24F3N7O/c1-16-6-7-18(26(38)36-21-5-3-4-19(15-21)27(28,29)30)14-23(16)37-25(24-22(31)10-13-33-24)35-17(2)34-20-8-11-32-12-9-20/h3-15,33H,2,31H2,1H3,(H,32,34)(H,35,37)(H,36,38). The summed E-state index contributed by atoms with van der Waals surface area (Å²) in [6.45, 7) is 5.78. The first kappa shape index (κ1) is 26.0. The molecule has 0 aliphatic heterocycles. The summed E-state index contributed by atoms with van der Waals surface area (Å²) in [5.41, 5.74) is 8.50. The summed E-state index contributed by atoms with van der Waals surface area (Å²) in [6, 6.07) is 14.5. The van der Waals surface area contributed by atoms with Crippen LogP contribution in [-0.4, -0.2) is 21.7 Å². The molecule has 8 nitrogen and oxygen atoms in total. The van der Waals surface area contributed by atoms with Gasteiger partial charge in [0.25, 0.3) is 5.91 Å². The highest BCUT2D eigenvalue weighted by atomic mass is 19.4. The number of aryl methyl sites for hydroxylation is 1. The van der Waals surface area contributed by atoms with Crippen LogP contribution in [0.4, 0.5) is 35.9 Å². The number of nitrogens with one attached hydrogen (secondary N) is 4. The van der Waals surface area contributed by atoms with E-state index in [1.165, 1.54) is 12.1 Å². The molecule has 2 heterocycles. The van der Waals surface area contributed by atoms with Crippen LogP contribution in [0.25, 0.3) is 0 Å². The van der Waals surface area contributed by atoms with Crippen molar-refractivity contribution in [1.82, 2.24) is 9.97 Å². The summed E-state index contributed by atoms with van der Waals surface area (Å²) in [7, 11) is 0. The molecule has 194 valence electrons. The lowest BCUT2D eigenvalue weighted by Gasteiger charge is -2.15. The number of carbonyl (C=O) groups excluding carboxylic acids is 1. The van der Waals surface area contributed by atoms with Gasteiger partial charge in [-0.3, -0.25) is 9.78 Å². The van der Waals surface area contributed by atoms with Crippen molar-refractivity contribution in [3.63, 3.8) is 0 Å². The van der Waals surface area contributed by atoms with Gasteiger partial charge in [0.2, 0.25) is 0 Å².